The maximum absolute atomic E-state index is 11.8. The third-order valence-corrected chi connectivity index (χ3v) is 3.12. The molecule has 0 saturated carbocycles. The molecule has 110 valence electrons. The number of carboxylic acid groups (broad SMARTS) is 1. The van der Waals surface area contributed by atoms with Gasteiger partial charge in [0.1, 0.15) is 0 Å². The molecular formula is C15H22N2O3. The number of anilines is 1. The van der Waals surface area contributed by atoms with E-state index in [2.05, 4.69) is 5.32 Å². The summed E-state index contributed by atoms with van der Waals surface area (Å²) < 4.78 is 0. The minimum atomic E-state index is -1.03. The van der Waals surface area contributed by atoms with Crippen molar-refractivity contribution in [2.45, 2.75) is 39.0 Å². The van der Waals surface area contributed by atoms with E-state index in [1.54, 1.807) is 25.1 Å². The zero-order valence-corrected chi connectivity index (χ0v) is 11.8. The van der Waals surface area contributed by atoms with E-state index in [0.717, 1.165) is 25.7 Å². The van der Waals surface area contributed by atoms with Crippen LogP contribution in [0.1, 0.15) is 48.0 Å². The van der Waals surface area contributed by atoms with E-state index in [1.165, 1.54) is 0 Å². The van der Waals surface area contributed by atoms with Gasteiger partial charge >= 0.3 is 5.97 Å². The van der Waals surface area contributed by atoms with E-state index < -0.39 is 5.97 Å². The predicted molar refractivity (Wildman–Crippen MR) is 78.9 cm³/mol. The zero-order valence-electron chi connectivity index (χ0n) is 11.8. The van der Waals surface area contributed by atoms with Gasteiger partial charge in [0, 0.05) is 6.42 Å². The first-order valence-corrected chi connectivity index (χ1v) is 6.89. The molecular weight excluding hydrogens is 256 g/mol. The fourth-order valence-corrected chi connectivity index (χ4v) is 2.05. The highest BCUT2D eigenvalue weighted by Crippen LogP contribution is 2.20. The van der Waals surface area contributed by atoms with Gasteiger partial charge in [-0.3, -0.25) is 4.79 Å². The number of amides is 1. The molecule has 5 nitrogen and oxygen atoms in total. The molecule has 0 aliphatic rings. The molecule has 0 unspecified atom stereocenters. The van der Waals surface area contributed by atoms with Crippen LogP contribution in [0.25, 0.3) is 0 Å². The van der Waals surface area contributed by atoms with Crippen molar-refractivity contribution in [2.24, 2.45) is 5.73 Å². The van der Waals surface area contributed by atoms with Gasteiger partial charge in [-0.15, -0.1) is 0 Å². The highest BCUT2D eigenvalue weighted by atomic mass is 16.4. The topological polar surface area (TPSA) is 92.4 Å². The second kappa shape index (κ2) is 8.32. The Morgan fingerprint density at radius 3 is 2.55 bits per heavy atom. The second-order valence-corrected chi connectivity index (χ2v) is 4.80. The van der Waals surface area contributed by atoms with Gasteiger partial charge in [-0.05, 0) is 37.9 Å². The Bertz CT molecular complexity index is 472. The van der Waals surface area contributed by atoms with Gasteiger partial charge in [0.2, 0.25) is 5.91 Å². The van der Waals surface area contributed by atoms with Crippen molar-refractivity contribution in [3.8, 4) is 0 Å². The van der Waals surface area contributed by atoms with Crippen molar-refractivity contribution in [2.75, 3.05) is 11.9 Å². The van der Waals surface area contributed by atoms with Crippen LogP contribution in [-0.4, -0.2) is 23.5 Å². The van der Waals surface area contributed by atoms with E-state index in [0.29, 0.717) is 24.2 Å². The number of hydrogen-bond donors (Lipinski definition) is 3. The van der Waals surface area contributed by atoms with Crippen LogP contribution in [-0.2, 0) is 4.79 Å². The zero-order chi connectivity index (χ0) is 15.0. The molecule has 0 heterocycles. The summed E-state index contributed by atoms with van der Waals surface area (Å²) >= 11 is 0. The summed E-state index contributed by atoms with van der Waals surface area (Å²) in [6, 6.07) is 5.06. The van der Waals surface area contributed by atoms with Crippen LogP contribution in [0.2, 0.25) is 0 Å². The molecule has 0 atom stereocenters. The van der Waals surface area contributed by atoms with E-state index >= 15 is 0 Å². The molecule has 1 rings (SSSR count). The summed E-state index contributed by atoms with van der Waals surface area (Å²) in [5.74, 6) is -1.17. The number of carbonyl (C=O) groups excluding carboxylic acids is 1. The van der Waals surface area contributed by atoms with Crippen LogP contribution in [0.15, 0.2) is 18.2 Å². The maximum Gasteiger partial charge on any atom is 0.338 e. The van der Waals surface area contributed by atoms with Crippen molar-refractivity contribution in [3.63, 3.8) is 0 Å². The van der Waals surface area contributed by atoms with Crippen LogP contribution in [0.4, 0.5) is 5.69 Å². The highest BCUT2D eigenvalue weighted by Gasteiger charge is 2.14. The molecule has 5 heteroatoms. The molecule has 0 aromatic heterocycles. The van der Waals surface area contributed by atoms with E-state index in [-0.39, 0.29) is 11.5 Å². The quantitative estimate of drug-likeness (QED) is 0.637. The smallest absolute Gasteiger partial charge is 0.338 e. The molecule has 0 bridgehead atoms. The van der Waals surface area contributed by atoms with Crippen LogP contribution >= 0.6 is 0 Å². The minimum Gasteiger partial charge on any atom is -0.478 e. The van der Waals surface area contributed by atoms with Gasteiger partial charge in [0.15, 0.2) is 0 Å². The molecule has 1 amide bonds. The Labute approximate surface area is 119 Å². The molecule has 0 aliphatic carbocycles. The lowest BCUT2D eigenvalue weighted by molar-refractivity contribution is -0.116. The first-order valence-electron chi connectivity index (χ1n) is 6.89. The van der Waals surface area contributed by atoms with Crippen LogP contribution in [0.3, 0.4) is 0 Å². The first-order chi connectivity index (χ1) is 9.56. The lowest BCUT2D eigenvalue weighted by Gasteiger charge is -2.10. The fraction of sp³-hybridized carbons (Fsp3) is 0.467. The summed E-state index contributed by atoms with van der Waals surface area (Å²) in [6.45, 7) is 2.39. The maximum atomic E-state index is 11.8. The van der Waals surface area contributed by atoms with Crippen LogP contribution in [0, 0.1) is 6.92 Å². The van der Waals surface area contributed by atoms with Crippen molar-refractivity contribution in [1.82, 2.24) is 0 Å². The van der Waals surface area contributed by atoms with Crippen molar-refractivity contribution < 1.29 is 14.7 Å². The summed E-state index contributed by atoms with van der Waals surface area (Å²) in [6.07, 6.45) is 4.15. The van der Waals surface area contributed by atoms with Gasteiger partial charge < -0.3 is 16.2 Å². The normalized spacial score (nSPS) is 10.3. The number of carbonyl (C=O) groups is 2. The first kappa shape index (κ1) is 16.2. The lowest BCUT2D eigenvalue weighted by Crippen LogP contribution is -2.15. The standard InChI is InChI=1S/C15H22N2O3/c1-11-7-6-8-12(14(11)15(19)20)17-13(18)9-4-2-3-5-10-16/h6-8H,2-5,9-10,16H2,1H3,(H,17,18)(H,19,20). The second-order valence-electron chi connectivity index (χ2n) is 4.80. The van der Waals surface area contributed by atoms with Gasteiger partial charge in [-0.2, -0.15) is 0 Å². The van der Waals surface area contributed by atoms with E-state index in [1.807, 2.05) is 0 Å². The van der Waals surface area contributed by atoms with Gasteiger partial charge in [-0.25, -0.2) is 4.79 Å². The van der Waals surface area contributed by atoms with Gasteiger partial charge in [-0.1, -0.05) is 25.0 Å². The summed E-state index contributed by atoms with van der Waals surface area (Å²) in [7, 11) is 0. The summed E-state index contributed by atoms with van der Waals surface area (Å²) in [5, 5.41) is 11.8. The van der Waals surface area contributed by atoms with Gasteiger partial charge in [0.05, 0.1) is 11.3 Å². The van der Waals surface area contributed by atoms with E-state index in [4.69, 9.17) is 10.8 Å². The molecule has 0 radical (unpaired) electrons. The van der Waals surface area contributed by atoms with Crippen LogP contribution < -0.4 is 11.1 Å². The summed E-state index contributed by atoms with van der Waals surface area (Å²) in [5.41, 5.74) is 6.56. The average molecular weight is 278 g/mol. The Morgan fingerprint density at radius 2 is 1.90 bits per heavy atom. The minimum absolute atomic E-state index is 0.147. The number of aromatic carboxylic acids is 1. The fourth-order valence-electron chi connectivity index (χ4n) is 2.05. The van der Waals surface area contributed by atoms with Crippen molar-refractivity contribution in [3.05, 3.63) is 29.3 Å². The monoisotopic (exact) mass is 278 g/mol. The number of benzene rings is 1. The molecule has 0 saturated heterocycles. The Hall–Kier alpha value is -1.88. The number of hydrogen-bond acceptors (Lipinski definition) is 3. The molecule has 4 N–H and O–H groups in total. The molecule has 1 aromatic carbocycles. The number of nitrogens with two attached hydrogens (primary N) is 1. The van der Waals surface area contributed by atoms with Crippen LogP contribution in [0.5, 0.6) is 0 Å². The molecule has 20 heavy (non-hydrogen) atoms. The third-order valence-electron chi connectivity index (χ3n) is 3.12. The Morgan fingerprint density at radius 1 is 1.20 bits per heavy atom. The number of unbranched alkanes of at least 4 members (excludes halogenated alkanes) is 3. The number of carboxylic acids is 1. The number of aryl methyl sites for hydroxylation is 1. The highest BCUT2D eigenvalue weighted by molar-refractivity contribution is 6.01. The SMILES string of the molecule is Cc1cccc(NC(=O)CCCCCCN)c1C(=O)O. The largest absolute Gasteiger partial charge is 0.478 e. The Balaban J connectivity index is 2.54. The average Bonchev–Trinajstić information content (AvgIpc) is 2.38. The van der Waals surface area contributed by atoms with Gasteiger partial charge in [0.25, 0.3) is 0 Å². The number of rotatable bonds is 8. The predicted octanol–water partition coefficient (Wildman–Crippen LogP) is 2.54. The lowest BCUT2D eigenvalue weighted by atomic mass is 10.1. The van der Waals surface area contributed by atoms with Crippen molar-refractivity contribution >= 4 is 17.6 Å². The third kappa shape index (κ3) is 5.01. The Kier molecular flexibility index (Phi) is 6.73. The summed E-state index contributed by atoms with van der Waals surface area (Å²) in [4.78, 5) is 23.0. The molecule has 0 aliphatic heterocycles. The molecule has 0 fully saturated rings. The molecule has 0 spiro atoms. The number of nitrogens with one attached hydrogen (secondary N) is 1. The van der Waals surface area contributed by atoms with E-state index in [9.17, 15) is 9.59 Å². The molecule has 1 aromatic rings. The van der Waals surface area contributed by atoms with Crippen molar-refractivity contribution in [1.29, 1.82) is 0 Å².